The Morgan fingerprint density at radius 1 is 1.25 bits per heavy atom. The van der Waals surface area contributed by atoms with Gasteiger partial charge in [0.25, 0.3) is 0 Å². The van der Waals surface area contributed by atoms with E-state index in [0.29, 0.717) is 12.7 Å². The van der Waals surface area contributed by atoms with Crippen molar-refractivity contribution in [1.82, 2.24) is 5.32 Å². The van der Waals surface area contributed by atoms with E-state index in [-0.39, 0.29) is 16.7 Å². The summed E-state index contributed by atoms with van der Waals surface area (Å²) < 4.78 is 16.9. The number of rotatable bonds is 7. The number of methoxy groups -OCH3 is 1. The summed E-state index contributed by atoms with van der Waals surface area (Å²) in [6.07, 6.45) is 7.15. The van der Waals surface area contributed by atoms with Crippen LogP contribution in [0.4, 0.5) is 0 Å². The first-order valence-electron chi connectivity index (χ1n) is 9.78. The predicted molar refractivity (Wildman–Crippen MR) is 112 cm³/mol. The van der Waals surface area contributed by atoms with Gasteiger partial charge in [0.2, 0.25) is 0 Å². The van der Waals surface area contributed by atoms with Gasteiger partial charge < -0.3 is 19.5 Å². The van der Waals surface area contributed by atoms with Gasteiger partial charge in [-0.15, -0.1) is 0 Å². The number of esters is 1. The molecule has 0 saturated carbocycles. The molecule has 1 fully saturated rings. The summed E-state index contributed by atoms with van der Waals surface area (Å²) in [5, 5.41) is 3.35. The van der Waals surface area contributed by atoms with Gasteiger partial charge >= 0.3 is 5.97 Å². The number of allylic oxidation sites excluding steroid dienone is 3. The lowest BCUT2D eigenvalue weighted by Gasteiger charge is -2.24. The zero-order chi connectivity index (χ0) is 19.9. The highest BCUT2D eigenvalue weighted by atomic mass is 79.9. The average Bonchev–Trinajstić information content (AvgIpc) is 2.72. The standard InChI is InChI=1S/C22H28BrNO4/c1-15(22(25)26-2)17-11-18(23)13-21(12-17)27-14-16-3-5-19(6-4-16)28-20-7-9-24-10-8-20/h3-6,11-12,15,18,20,24H,7-10,13-14H2,1-2H3. The number of hydrogen-bond donors (Lipinski definition) is 1. The number of benzene rings is 1. The van der Waals surface area contributed by atoms with Gasteiger partial charge in [-0.25, -0.2) is 0 Å². The molecule has 1 aliphatic carbocycles. The van der Waals surface area contributed by atoms with Crippen LogP contribution in [0.15, 0.2) is 47.7 Å². The highest BCUT2D eigenvalue weighted by Gasteiger charge is 2.23. The first kappa shape index (κ1) is 20.9. The fraction of sp³-hybridized carbons (Fsp3) is 0.500. The molecule has 3 rings (SSSR count). The number of nitrogens with one attached hydrogen (secondary N) is 1. The van der Waals surface area contributed by atoms with Gasteiger partial charge in [0.1, 0.15) is 18.5 Å². The molecule has 0 bridgehead atoms. The van der Waals surface area contributed by atoms with E-state index in [9.17, 15) is 4.79 Å². The van der Waals surface area contributed by atoms with E-state index in [1.165, 1.54) is 7.11 Å². The molecule has 2 unspecified atom stereocenters. The Bertz CT molecular complexity index is 723. The Labute approximate surface area is 175 Å². The van der Waals surface area contributed by atoms with Crippen molar-refractivity contribution in [2.24, 2.45) is 5.92 Å². The highest BCUT2D eigenvalue weighted by Crippen LogP contribution is 2.29. The lowest BCUT2D eigenvalue weighted by atomic mass is 9.95. The molecule has 0 radical (unpaired) electrons. The van der Waals surface area contributed by atoms with Crippen molar-refractivity contribution < 1.29 is 19.0 Å². The summed E-state index contributed by atoms with van der Waals surface area (Å²) >= 11 is 3.62. The maximum absolute atomic E-state index is 11.8. The van der Waals surface area contributed by atoms with Crippen LogP contribution < -0.4 is 10.1 Å². The smallest absolute Gasteiger partial charge is 0.312 e. The minimum Gasteiger partial charge on any atom is -0.493 e. The monoisotopic (exact) mass is 449 g/mol. The van der Waals surface area contributed by atoms with Gasteiger partial charge in [0, 0.05) is 11.2 Å². The van der Waals surface area contributed by atoms with Crippen LogP contribution in [-0.4, -0.2) is 37.1 Å². The molecule has 5 nitrogen and oxygen atoms in total. The molecule has 2 aliphatic rings. The minimum absolute atomic E-state index is 0.148. The quantitative estimate of drug-likeness (QED) is 0.501. The zero-order valence-corrected chi connectivity index (χ0v) is 18.0. The third-order valence-electron chi connectivity index (χ3n) is 5.09. The lowest BCUT2D eigenvalue weighted by molar-refractivity contribution is -0.143. The fourth-order valence-corrected chi connectivity index (χ4v) is 4.01. The molecule has 6 heteroatoms. The molecule has 1 N–H and O–H groups in total. The number of carbonyl (C=O) groups excluding carboxylic acids is 1. The SMILES string of the molecule is COC(=O)C(C)C1=CC(Br)CC(OCc2ccc(OC3CCNCC3)cc2)=C1. The van der Waals surface area contributed by atoms with Crippen molar-refractivity contribution in [3.8, 4) is 5.75 Å². The first-order valence-corrected chi connectivity index (χ1v) is 10.7. The third kappa shape index (κ3) is 5.85. The van der Waals surface area contributed by atoms with E-state index in [1.54, 1.807) is 0 Å². The molecule has 1 aliphatic heterocycles. The number of hydrogen-bond acceptors (Lipinski definition) is 5. The maximum atomic E-state index is 11.8. The molecule has 152 valence electrons. The van der Waals surface area contributed by atoms with Gasteiger partial charge in [-0.2, -0.15) is 0 Å². The van der Waals surface area contributed by atoms with Crippen LogP contribution in [0.3, 0.4) is 0 Å². The van der Waals surface area contributed by atoms with E-state index in [4.69, 9.17) is 14.2 Å². The molecular weight excluding hydrogens is 422 g/mol. The number of carbonyl (C=O) groups is 1. The third-order valence-corrected chi connectivity index (χ3v) is 5.68. The summed E-state index contributed by atoms with van der Waals surface area (Å²) in [7, 11) is 1.41. The average molecular weight is 450 g/mol. The van der Waals surface area contributed by atoms with Crippen LogP contribution in [0.2, 0.25) is 0 Å². The van der Waals surface area contributed by atoms with Crippen molar-refractivity contribution in [2.75, 3.05) is 20.2 Å². The van der Waals surface area contributed by atoms with Gasteiger partial charge in [-0.3, -0.25) is 4.79 Å². The van der Waals surface area contributed by atoms with Crippen molar-refractivity contribution in [3.05, 3.63) is 53.3 Å². The number of halogens is 1. The largest absolute Gasteiger partial charge is 0.493 e. The molecule has 1 aromatic carbocycles. The van der Waals surface area contributed by atoms with Crippen molar-refractivity contribution >= 4 is 21.9 Å². The molecule has 0 aromatic heterocycles. The van der Waals surface area contributed by atoms with Crippen LogP contribution >= 0.6 is 15.9 Å². The van der Waals surface area contributed by atoms with E-state index >= 15 is 0 Å². The predicted octanol–water partition coefficient (Wildman–Crippen LogP) is 4.12. The van der Waals surface area contributed by atoms with E-state index in [0.717, 1.165) is 55.0 Å². The number of ether oxygens (including phenoxy) is 3. The maximum Gasteiger partial charge on any atom is 0.312 e. The minimum atomic E-state index is -0.310. The first-order chi connectivity index (χ1) is 13.5. The highest BCUT2D eigenvalue weighted by molar-refractivity contribution is 9.09. The summed E-state index contributed by atoms with van der Waals surface area (Å²) in [6.45, 7) is 4.37. The Morgan fingerprint density at radius 2 is 1.96 bits per heavy atom. The lowest BCUT2D eigenvalue weighted by Crippen LogP contribution is -2.34. The van der Waals surface area contributed by atoms with Gasteiger partial charge in [0.15, 0.2) is 0 Å². The molecule has 0 spiro atoms. The second-order valence-corrected chi connectivity index (χ2v) is 8.42. The molecule has 1 aromatic rings. The van der Waals surface area contributed by atoms with E-state index < -0.39 is 0 Å². The van der Waals surface area contributed by atoms with Crippen molar-refractivity contribution in [2.45, 2.75) is 43.7 Å². The Balaban J connectivity index is 1.55. The molecule has 2 atom stereocenters. The second kappa shape index (κ2) is 10.1. The van der Waals surface area contributed by atoms with Gasteiger partial charge in [-0.1, -0.05) is 34.1 Å². The van der Waals surface area contributed by atoms with Crippen LogP contribution in [0.5, 0.6) is 5.75 Å². The van der Waals surface area contributed by atoms with Crippen LogP contribution in [0.25, 0.3) is 0 Å². The topological polar surface area (TPSA) is 56.8 Å². The van der Waals surface area contributed by atoms with Crippen LogP contribution in [0, 0.1) is 5.92 Å². The number of alkyl halides is 1. The fourth-order valence-electron chi connectivity index (χ4n) is 3.38. The summed E-state index contributed by atoms with van der Waals surface area (Å²) in [5.41, 5.74) is 2.00. The van der Waals surface area contributed by atoms with Crippen molar-refractivity contribution in [3.63, 3.8) is 0 Å². The molecule has 0 amide bonds. The molecule has 1 heterocycles. The Morgan fingerprint density at radius 3 is 2.64 bits per heavy atom. The van der Waals surface area contributed by atoms with Crippen molar-refractivity contribution in [1.29, 1.82) is 0 Å². The number of piperidine rings is 1. The van der Waals surface area contributed by atoms with E-state index in [2.05, 4.69) is 21.2 Å². The summed E-state index contributed by atoms with van der Waals surface area (Å²) in [4.78, 5) is 12.0. The molecular formula is C22H28BrNO4. The molecule has 28 heavy (non-hydrogen) atoms. The van der Waals surface area contributed by atoms with Crippen LogP contribution in [0.1, 0.15) is 31.7 Å². The van der Waals surface area contributed by atoms with E-state index in [1.807, 2.05) is 43.3 Å². The molecule has 1 saturated heterocycles. The summed E-state index contributed by atoms with van der Waals surface area (Å²) in [5.74, 6) is 1.22. The normalized spacial score (nSPS) is 21.3. The van der Waals surface area contributed by atoms with Gasteiger partial charge in [0.05, 0.1) is 18.8 Å². The van der Waals surface area contributed by atoms with Gasteiger partial charge in [-0.05, 0) is 62.2 Å². The second-order valence-electron chi connectivity index (χ2n) is 7.24. The van der Waals surface area contributed by atoms with Crippen LogP contribution in [-0.2, 0) is 20.9 Å². The summed E-state index contributed by atoms with van der Waals surface area (Å²) in [6, 6.07) is 8.10. The Hall–Kier alpha value is -1.79. The Kier molecular flexibility index (Phi) is 7.57. The zero-order valence-electron chi connectivity index (χ0n) is 16.4.